The first-order valence-electron chi connectivity index (χ1n) is 11.5. The predicted molar refractivity (Wildman–Crippen MR) is 127 cm³/mol. The molecule has 0 spiro atoms. The highest BCUT2D eigenvalue weighted by Crippen LogP contribution is 2.40. The van der Waals surface area contributed by atoms with E-state index in [0.717, 1.165) is 24.1 Å². The number of benzene rings is 1. The Hall–Kier alpha value is -2.71. The molecule has 3 N–H and O–H groups in total. The molecule has 8 nitrogen and oxygen atoms in total. The van der Waals surface area contributed by atoms with Crippen molar-refractivity contribution in [2.24, 2.45) is 0 Å². The van der Waals surface area contributed by atoms with E-state index in [1.54, 1.807) is 4.90 Å². The van der Waals surface area contributed by atoms with Crippen molar-refractivity contribution in [1.29, 1.82) is 5.41 Å². The summed E-state index contributed by atoms with van der Waals surface area (Å²) in [5, 5.41) is 24.2. The van der Waals surface area contributed by atoms with Crippen LogP contribution in [0.25, 0.3) is 0 Å². The van der Waals surface area contributed by atoms with Crippen molar-refractivity contribution in [1.82, 2.24) is 20.4 Å². The number of nitrogens with zero attached hydrogens (tertiary/aromatic N) is 3. The third-order valence-corrected chi connectivity index (χ3v) is 7.18. The predicted octanol–water partition coefficient (Wildman–Crippen LogP) is 4.29. The van der Waals surface area contributed by atoms with Crippen molar-refractivity contribution in [3.63, 3.8) is 0 Å². The summed E-state index contributed by atoms with van der Waals surface area (Å²) < 4.78 is 5.62. The molecule has 3 aliphatic rings. The molecule has 9 heteroatoms. The van der Waals surface area contributed by atoms with Gasteiger partial charge in [0.15, 0.2) is 11.8 Å². The molecule has 0 radical (unpaired) electrons. The van der Waals surface area contributed by atoms with Gasteiger partial charge in [0.1, 0.15) is 0 Å². The minimum atomic E-state index is -0.794. The largest absolute Gasteiger partial charge is 0.378 e. The second kappa shape index (κ2) is 8.57. The SMILES string of the molecule is C[C@@H]1C[C@H](N2C(=N)N[C@](C)(c3cccc(Nc4ccc(C5CC5)nn4)c3Cl)CC2=O)CCO1. The molecule has 3 atom stereocenters. The average Bonchev–Trinajstić information content (AvgIpc) is 3.60. The van der Waals surface area contributed by atoms with Gasteiger partial charge in [-0.25, -0.2) is 0 Å². The highest BCUT2D eigenvalue weighted by molar-refractivity contribution is 6.34. The Labute approximate surface area is 198 Å². The lowest BCUT2D eigenvalue weighted by molar-refractivity contribution is -0.134. The average molecular weight is 469 g/mol. The van der Waals surface area contributed by atoms with Crippen LogP contribution in [0, 0.1) is 5.41 Å². The van der Waals surface area contributed by atoms with E-state index in [0.29, 0.717) is 29.1 Å². The van der Waals surface area contributed by atoms with E-state index in [9.17, 15) is 4.79 Å². The Morgan fingerprint density at radius 2 is 2.06 bits per heavy atom. The summed E-state index contributed by atoms with van der Waals surface area (Å²) in [4.78, 5) is 14.8. The van der Waals surface area contributed by atoms with Crippen LogP contribution in [-0.2, 0) is 15.1 Å². The number of hydrogen-bond acceptors (Lipinski definition) is 6. The molecule has 5 rings (SSSR count). The minimum Gasteiger partial charge on any atom is -0.378 e. The van der Waals surface area contributed by atoms with Gasteiger partial charge in [-0.3, -0.25) is 15.1 Å². The summed E-state index contributed by atoms with van der Waals surface area (Å²) in [6, 6.07) is 9.55. The number of amides is 1. The van der Waals surface area contributed by atoms with Gasteiger partial charge in [-0.15, -0.1) is 5.10 Å². The molecule has 174 valence electrons. The van der Waals surface area contributed by atoms with Gasteiger partial charge >= 0.3 is 0 Å². The Bertz CT molecular complexity index is 1050. The van der Waals surface area contributed by atoms with E-state index >= 15 is 0 Å². The van der Waals surface area contributed by atoms with Crippen molar-refractivity contribution in [2.45, 2.75) is 69.6 Å². The third kappa shape index (κ3) is 4.42. The van der Waals surface area contributed by atoms with E-state index in [4.69, 9.17) is 21.7 Å². The molecule has 1 aromatic heterocycles. The zero-order chi connectivity index (χ0) is 23.2. The van der Waals surface area contributed by atoms with Crippen LogP contribution in [0.2, 0.25) is 5.02 Å². The van der Waals surface area contributed by atoms with Crippen LogP contribution in [0.4, 0.5) is 11.5 Å². The normalized spacial score (nSPS) is 27.9. The summed E-state index contributed by atoms with van der Waals surface area (Å²) in [5.41, 5.74) is 1.68. The van der Waals surface area contributed by atoms with Crippen LogP contribution in [0.1, 0.15) is 63.1 Å². The zero-order valence-electron chi connectivity index (χ0n) is 18.9. The number of aromatic nitrogens is 2. The lowest BCUT2D eigenvalue weighted by atomic mass is 9.85. The lowest BCUT2D eigenvalue weighted by Crippen LogP contribution is -2.63. The quantitative estimate of drug-likeness (QED) is 0.604. The molecule has 0 bridgehead atoms. The van der Waals surface area contributed by atoms with Crippen LogP contribution in [0.5, 0.6) is 0 Å². The molecule has 3 fully saturated rings. The first-order valence-corrected chi connectivity index (χ1v) is 11.9. The van der Waals surface area contributed by atoms with Gasteiger partial charge in [0.2, 0.25) is 5.91 Å². The number of guanidine groups is 1. The molecule has 0 unspecified atom stereocenters. The maximum atomic E-state index is 13.2. The highest BCUT2D eigenvalue weighted by atomic mass is 35.5. The van der Waals surface area contributed by atoms with Gasteiger partial charge in [-0.05, 0) is 63.3 Å². The molecule has 2 saturated heterocycles. The maximum Gasteiger partial charge on any atom is 0.232 e. The first-order chi connectivity index (χ1) is 15.8. The molecule has 2 aromatic rings. The fraction of sp³-hybridized carbons (Fsp3) is 0.500. The zero-order valence-corrected chi connectivity index (χ0v) is 19.7. The number of anilines is 2. The van der Waals surface area contributed by atoms with Crippen molar-refractivity contribution >= 4 is 35.0 Å². The van der Waals surface area contributed by atoms with Gasteiger partial charge in [0.05, 0.1) is 34.5 Å². The van der Waals surface area contributed by atoms with Crippen molar-refractivity contribution in [2.75, 3.05) is 11.9 Å². The third-order valence-electron chi connectivity index (χ3n) is 6.77. The lowest BCUT2D eigenvalue weighted by Gasteiger charge is -2.45. The molecule has 1 aliphatic carbocycles. The van der Waals surface area contributed by atoms with E-state index < -0.39 is 5.54 Å². The fourth-order valence-electron chi connectivity index (χ4n) is 4.83. The van der Waals surface area contributed by atoms with Gasteiger partial charge in [-0.1, -0.05) is 23.7 Å². The number of carbonyl (C=O) groups excluding carboxylic acids is 1. The van der Waals surface area contributed by atoms with Crippen molar-refractivity contribution in [3.8, 4) is 0 Å². The molecular formula is C24H29ClN6O2. The summed E-state index contributed by atoms with van der Waals surface area (Å²) in [6.07, 6.45) is 4.11. The topological polar surface area (TPSA) is 103 Å². The highest BCUT2D eigenvalue weighted by Gasteiger charge is 2.43. The summed E-state index contributed by atoms with van der Waals surface area (Å²) >= 11 is 6.81. The number of nitrogens with one attached hydrogen (secondary N) is 3. The molecule has 1 amide bonds. The molecule has 1 saturated carbocycles. The van der Waals surface area contributed by atoms with Crippen LogP contribution in [0.15, 0.2) is 30.3 Å². The number of carbonyl (C=O) groups is 1. The van der Waals surface area contributed by atoms with Crippen LogP contribution >= 0.6 is 11.6 Å². The van der Waals surface area contributed by atoms with Gasteiger partial charge in [0.25, 0.3) is 0 Å². The Kier molecular flexibility index (Phi) is 5.74. The van der Waals surface area contributed by atoms with E-state index in [1.807, 2.05) is 44.2 Å². The molecular weight excluding hydrogens is 440 g/mol. The molecule has 33 heavy (non-hydrogen) atoms. The summed E-state index contributed by atoms with van der Waals surface area (Å²) in [7, 11) is 0. The van der Waals surface area contributed by atoms with E-state index in [2.05, 4.69) is 20.8 Å². The van der Waals surface area contributed by atoms with E-state index in [1.165, 1.54) is 12.8 Å². The maximum absolute atomic E-state index is 13.2. The molecule has 1 aromatic carbocycles. The Morgan fingerprint density at radius 1 is 1.24 bits per heavy atom. The Balaban J connectivity index is 1.35. The van der Waals surface area contributed by atoms with E-state index in [-0.39, 0.29) is 30.4 Å². The van der Waals surface area contributed by atoms with Crippen molar-refractivity contribution < 1.29 is 9.53 Å². The van der Waals surface area contributed by atoms with Crippen LogP contribution in [-0.4, -0.2) is 45.7 Å². The van der Waals surface area contributed by atoms with Gasteiger partial charge in [0, 0.05) is 18.6 Å². The monoisotopic (exact) mass is 468 g/mol. The second-order valence-electron chi connectivity index (χ2n) is 9.52. The first kappa shape index (κ1) is 22.1. The summed E-state index contributed by atoms with van der Waals surface area (Å²) in [5.74, 6) is 1.21. The molecule has 3 heterocycles. The van der Waals surface area contributed by atoms with Crippen LogP contribution < -0.4 is 10.6 Å². The number of ether oxygens (including phenoxy) is 1. The number of hydrogen-bond donors (Lipinski definition) is 3. The summed E-state index contributed by atoms with van der Waals surface area (Å²) in [6.45, 7) is 4.52. The number of rotatable bonds is 5. The Morgan fingerprint density at radius 3 is 2.73 bits per heavy atom. The molecule has 2 aliphatic heterocycles. The van der Waals surface area contributed by atoms with Crippen molar-refractivity contribution in [3.05, 3.63) is 46.6 Å². The minimum absolute atomic E-state index is 0.0218. The van der Waals surface area contributed by atoms with Gasteiger partial charge < -0.3 is 15.4 Å². The second-order valence-corrected chi connectivity index (χ2v) is 9.89. The number of halogens is 1. The standard InChI is InChI=1S/C24H29ClN6O2/c1-14-12-16(10-11-33-14)31-21(32)13-24(2,28-23(31)26)17-4-3-5-19(22(17)25)27-20-9-8-18(29-30-20)15-6-7-15/h3-5,8-9,14-16H,6-7,10-13H2,1-2H3,(H2,26,28)(H,27,30)/t14-,16-,24+/m1/s1. The van der Waals surface area contributed by atoms with Gasteiger partial charge in [-0.2, -0.15) is 5.10 Å². The smallest absolute Gasteiger partial charge is 0.232 e. The fourth-order valence-corrected chi connectivity index (χ4v) is 5.22. The van der Waals surface area contributed by atoms with Crippen LogP contribution in [0.3, 0.4) is 0 Å².